The van der Waals surface area contributed by atoms with Crippen molar-refractivity contribution in [2.75, 3.05) is 13.1 Å². The van der Waals surface area contributed by atoms with Gasteiger partial charge in [0.1, 0.15) is 12.1 Å². The highest BCUT2D eigenvalue weighted by Crippen LogP contribution is 2.32. The summed E-state index contributed by atoms with van der Waals surface area (Å²) in [6.07, 6.45) is 10.7. The van der Waals surface area contributed by atoms with Crippen LogP contribution in [0.2, 0.25) is 0 Å². The van der Waals surface area contributed by atoms with Gasteiger partial charge < -0.3 is 32.1 Å². The molecule has 8 N–H and O–H groups in total. The Morgan fingerprint density at radius 1 is 0.755 bits per heavy atom. The summed E-state index contributed by atoms with van der Waals surface area (Å²) in [6, 6.07) is -3.60. The lowest BCUT2D eigenvalue weighted by atomic mass is 9.76. The van der Waals surface area contributed by atoms with Crippen LogP contribution in [0.1, 0.15) is 152 Å². The summed E-state index contributed by atoms with van der Waals surface area (Å²) in [4.78, 5) is 64.6. The first-order valence-electron chi connectivity index (χ1n) is 18.7. The van der Waals surface area contributed by atoms with E-state index in [0.717, 1.165) is 57.9 Å². The van der Waals surface area contributed by atoms with Crippen LogP contribution in [-0.2, 0) is 19.2 Å². The number of nitrogens with two attached hydrogens (primary N) is 1. The molecule has 49 heavy (non-hydrogen) atoms. The first-order valence-corrected chi connectivity index (χ1v) is 18.7. The molecule has 284 valence electrons. The monoisotopic (exact) mass is 695 g/mol. The lowest BCUT2D eigenvalue weighted by Gasteiger charge is -2.41. The van der Waals surface area contributed by atoms with Crippen molar-refractivity contribution < 1.29 is 29.1 Å². The van der Waals surface area contributed by atoms with E-state index in [1.165, 1.54) is 0 Å². The molecule has 12 nitrogen and oxygen atoms in total. The highest BCUT2D eigenvalue weighted by atomic mass is 16.4. The number of urea groups is 1. The fourth-order valence-corrected chi connectivity index (χ4v) is 6.36. The molecule has 1 rings (SSSR count). The van der Waals surface area contributed by atoms with Crippen LogP contribution < -0.4 is 32.3 Å². The van der Waals surface area contributed by atoms with Crippen molar-refractivity contribution in [3.05, 3.63) is 0 Å². The zero-order chi connectivity index (χ0) is 37.3. The van der Waals surface area contributed by atoms with E-state index in [9.17, 15) is 29.1 Å². The van der Waals surface area contributed by atoms with Gasteiger partial charge in [-0.25, -0.2) is 9.59 Å². The first-order chi connectivity index (χ1) is 22.8. The van der Waals surface area contributed by atoms with E-state index in [-0.39, 0.29) is 42.0 Å². The Morgan fingerprint density at radius 2 is 1.37 bits per heavy atom. The van der Waals surface area contributed by atoms with Crippen LogP contribution in [0.4, 0.5) is 4.79 Å². The van der Waals surface area contributed by atoms with Crippen LogP contribution in [0.5, 0.6) is 0 Å². The number of nitrogens with one attached hydrogen (secondary N) is 5. The summed E-state index contributed by atoms with van der Waals surface area (Å²) in [5, 5.41) is 24.8. The fourth-order valence-electron chi connectivity index (χ4n) is 6.36. The zero-order valence-electron chi connectivity index (χ0n) is 31.9. The Kier molecular flexibility index (Phi) is 19.4. The van der Waals surface area contributed by atoms with Gasteiger partial charge >= 0.3 is 12.0 Å². The van der Waals surface area contributed by atoms with Crippen LogP contribution in [0.15, 0.2) is 0 Å². The number of Topliss-reactive ketones (excluding diaryl/α,β-unsaturated/α-hetero) is 1. The summed E-state index contributed by atoms with van der Waals surface area (Å²) in [6.45, 7) is 17.6. The number of carbonyl (C=O) groups is 5. The van der Waals surface area contributed by atoms with E-state index in [4.69, 9.17) is 5.73 Å². The SMILES string of the molecule is CC(C)[C@H](NC1(C(=O)CCCCCC(C)(C)C)CCCCC1)C(=O)N[C@@H](CCCNC(N)=O)C(=O)N[C@H](CCCCNC(C)(C)C)C(=O)O. The molecule has 3 atom stereocenters. The van der Waals surface area contributed by atoms with Crippen molar-refractivity contribution in [1.82, 2.24) is 26.6 Å². The standard InChI is InChI=1S/C37H70N6O6/c1-26(2)30(43-37(22-14-10-15-23-37)29(44)20-11-9-13-21-35(3,4)5)32(46)41-27(19-17-24-39-34(38)49)31(45)42-28(33(47)48)18-12-16-25-40-36(6,7)8/h26-28,30,40,43H,9-25H2,1-8H3,(H,41,46)(H,42,45)(H,47,48)(H3,38,39,49)/t27-,28+,30-/m0/s1. The molecule has 12 heteroatoms. The molecule has 1 aliphatic rings. The topological polar surface area (TPSA) is 192 Å². The maximum atomic E-state index is 13.9. The second kappa shape index (κ2) is 21.5. The predicted molar refractivity (Wildman–Crippen MR) is 195 cm³/mol. The van der Waals surface area contributed by atoms with Crippen molar-refractivity contribution in [3.63, 3.8) is 0 Å². The number of carbonyl (C=O) groups excluding carboxylic acids is 4. The first kappa shape index (κ1) is 44.3. The third-order valence-corrected chi connectivity index (χ3v) is 9.24. The van der Waals surface area contributed by atoms with E-state index in [1.54, 1.807) is 0 Å². The van der Waals surface area contributed by atoms with Gasteiger partial charge in [-0.3, -0.25) is 19.7 Å². The zero-order valence-corrected chi connectivity index (χ0v) is 31.9. The number of unbranched alkanes of at least 4 members (excludes halogenated alkanes) is 3. The third-order valence-electron chi connectivity index (χ3n) is 9.24. The molecule has 1 aliphatic carbocycles. The van der Waals surface area contributed by atoms with Crippen LogP contribution in [0, 0.1) is 11.3 Å². The second-order valence-electron chi connectivity index (χ2n) is 16.6. The number of carboxylic acid groups (broad SMARTS) is 1. The average Bonchev–Trinajstić information content (AvgIpc) is 2.99. The molecule has 1 saturated carbocycles. The van der Waals surface area contributed by atoms with E-state index >= 15 is 0 Å². The molecule has 0 aromatic carbocycles. The van der Waals surface area contributed by atoms with Gasteiger partial charge in [-0.15, -0.1) is 0 Å². The normalized spacial score (nSPS) is 16.8. The van der Waals surface area contributed by atoms with Crippen molar-refractivity contribution in [3.8, 4) is 0 Å². The van der Waals surface area contributed by atoms with Crippen molar-refractivity contribution >= 4 is 29.6 Å². The highest BCUT2D eigenvalue weighted by molar-refractivity contribution is 5.93. The lowest BCUT2D eigenvalue weighted by molar-refractivity contribution is -0.142. The molecular weight excluding hydrogens is 624 g/mol. The number of primary amides is 1. The average molecular weight is 695 g/mol. The molecule has 0 radical (unpaired) electrons. The molecule has 1 fully saturated rings. The van der Waals surface area contributed by atoms with Gasteiger partial charge in [0.2, 0.25) is 11.8 Å². The number of hydrogen-bond acceptors (Lipinski definition) is 7. The Balaban J connectivity index is 3.06. The summed E-state index contributed by atoms with van der Waals surface area (Å²) in [7, 11) is 0. The number of hydrogen-bond donors (Lipinski definition) is 7. The second-order valence-corrected chi connectivity index (χ2v) is 16.6. The number of carboxylic acids is 1. The van der Waals surface area contributed by atoms with E-state index < -0.39 is 47.5 Å². The summed E-state index contributed by atoms with van der Waals surface area (Å²) in [5.74, 6) is -2.20. The van der Waals surface area contributed by atoms with Gasteiger partial charge in [0, 0.05) is 18.5 Å². The number of amides is 4. The van der Waals surface area contributed by atoms with Gasteiger partial charge in [-0.1, -0.05) is 66.7 Å². The highest BCUT2D eigenvalue weighted by Gasteiger charge is 2.42. The van der Waals surface area contributed by atoms with Crippen LogP contribution >= 0.6 is 0 Å². The number of aliphatic carboxylic acids is 1. The lowest BCUT2D eigenvalue weighted by Crippen LogP contribution is -2.63. The van der Waals surface area contributed by atoms with Crippen molar-refractivity contribution in [1.29, 1.82) is 0 Å². The summed E-state index contributed by atoms with van der Waals surface area (Å²) in [5.41, 5.74) is 4.61. The number of rotatable bonds is 23. The molecular formula is C37H70N6O6. The van der Waals surface area contributed by atoms with Crippen molar-refractivity contribution in [2.45, 2.75) is 181 Å². The molecule has 0 heterocycles. The minimum Gasteiger partial charge on any atom is -0.480 e. The van der Waals surface area contributed by atoms with Gasteiger partial charge in [-0.2, -0.15) is 0 Å². The van der Waals surface area contributed by atoms with Crippen LogP contribution in [-0.4, -0.2) is 77.0 Å². The van der Waals surface area contributed by atoms with Gasteiger partial charge in [0.25, 0.3) is 0 Å². The summed E-state index contributed by atoms with van der Waals surface area (Å²) >= 11 is 0. The van der Waals surface area contributed by atoms with E-state index in [2.05, 4.69) is 68.1 Å². The molecule has 0 bridgehead atoms. The van der Waals surface area contributed by atoms with E-state index in [0.29, 0.717) is 32.1 Å². The summed E-state index contributed by atoms with van der Waals surface area (Å²) < 4.78 is 0. The minimum absolute atomic E-state index is 0.0479. The predicted octanol–water partition coefficient (Wildman–Crippen LogP) is 4.93. The van der Waals surface area contributed by atoms with E-state index in [1.807, 2.05) is 13.8 Å². The smallest absolute Gasteiger partial charge is 0.326 e. The Bertz CT molecular complexity index is 1040. The largest absolute Gasteiger partial charge is 0.480 e. The van der Waals surface area contributed by atoms with Crippen LogP contribution in [0.25, 0.3) is 0 Å². The quantitative estimate of drug-likeness (QED) is 0.0732. The van der Waals surface area contributed by atoms with Gasteiger partial charge in [0.05, 0.1) is 11.6 Å². The molecule has 0 aromatic rings. The maximum Gasteiger partial charge on any atom is 0.326 e. The molecule has 0 aromatic heterocycles. The van der Waals surface area contributed by atoms with Crippen LogP contribution in [0.3, 0.4) is 0 Å². The Hall–Kier alpha value is -2.73. The van der Waals surface area contributed by atoms with Gasteiger partial charge in [0.15, 0.2) is 5.78 Å². The minimum atomic E-state index is -1.14. The molecule has 0 saturated heterocycles. The molecule has 0 unspecified atom stereocenters. The Morgan fingerprint density at radius 3 is 1.92 bits per heavy atom. The van der Waals surface area contributed by atoms with Gasteiger partial charge in [-0.05, 0) is 96.4 Å². The maximum absolute atomic E-state index is 13.9. The third kappa shape index (κ3) is 18.7. The fraction of sp³-hybridized carbons (Fsp3) is 0.865. The molecule has 0 spiro atoms. The Labute approximate surface area is 296 Å². The molecule has 0 aliphatic heterocycles. The molecule has 4 amide bonds. The number of ketones is 1. The van der Waals surface area contributed by atoms with Crippen molar-refractivity contribution in [2.24, 2.45) is 17.1 Å².